The Bertz CT molecular complexity index is 868. The maximum atomic E-state index is 13.9. The Morgan fingerprint density at radius 2 is 2.00 bits per heavy atom. The summed E-state index contributed by atoms with van der Waals surface area (Å²) in [7, 11) is 3.81. The summed E-state index contributed by atoms with van der Waals surface area (Å²) in [4.78, 5) is 21.0. The lowest BCUT2D eigenvalue weighted by Crippen LogP contribution is -2.36. The van der Waals surface area contributed by atoms with Gasteiger partial charge in [-0.2, -0.15) is 0 Å². The molecule has 0 saturated heterocycles. The lowest BCUT2D eigenvalue weighted by Gasteiger charge is -2.21. The molecule has 1 aromatic carbocycles. The zero-order valence-electron chi connectivity index (χ0n) is 13.5. The molecule has 1 amide bonds. The molecule has 0 radical (unpaired) electrons. The van der Waals surface area contributed by atoms with Crippen LogP contribution in [0.5, 0.6) is 0 Å². The number of carbonyl (C=O) groups excluding carboxylic acids is 1. The molecule has 0 atom stereocenters. The second-order valence-corrected chi connectivity index (χ2v) is 7.42. The molecule has 3 aromatic rings. The summed E-state index contributed by atoms with van der Waals surface area (Å²) in [6, 6.07) is 5.58. The van der Waals surface area contributed by atoms with E-state index in [1.165, 1.54) is 22.3 Å². The Labute approximate surface area is 158 Å². The average Bonchev–Trinajstić information content (AvgIpc) is 3.16. The molecule has 2 aromatic heterocycles. The smallest absolute Gasteiger partial charge is 0.270 e. The molecule has 0 spiro atoms. The van der Waals surface area contributed by atoms with E-state index in [1.54, 1.807) is 12.1 Å². The summed E-state index contributed by atoms with van der Waals surface area (Å²) in [5.41, 5.74) is 0.0882. The van der Waals surface area contributed by atoms with E-state index in [2.05, 4.69) is 4.98 Å². The van der Waals surface area contributed by atoms with Gasteiger partial charge in [0.25, 0.3) is 5.91 Å². The van der Waals surface area contributed by atoms with Crippen molar-refractivity contribution in [1.29, 1.82) is 0 Å². The monoisotopic (exact) mass is 403 g/mol. The fourth-order valence-corrected chi connectivity index (χ4v) is 3.88. The molecule has 134 valence electrons. The van der Waals surface area contributed by atoms with Crippen molar-refractivity contribution >= 4 is 56.3 Å². The van der Waals surface area contributed by atoms with Crippen LogP contribution in [0, 0.1) is 11.6 Å². The average molecular weight is 404 g/mol. The van der Waals surface area contributed by atoms with E-state index in [-0.39, 0.29) is 23.8 Å². The van der Waals surface area contributed by atoms with Crippen LogP contribution in [0.1, 0.15) is 9.67 Å². The second-order valence-electron chi connectivity index (χ2n) is 5.47. The van der Waals surface area contributed by atoms with Gasteiger partial charge < -0.3 is 4.90 Å². The van der Waals surface area contributed by atoms with E-state index in [1.807, 2.05) is 24.4 Å². The number of thiazole rings is 1. The van der Waals surface area contributed by atoms with Crippen LogP contribution < -0.4 is 4.90 Å². The molecule has 0 unspecified atom stereocenters. The number of nitrogens with zero attached hydrogens (tertiary/aromatic N) is 3. The number of benzene rings is 1. The standard InChI is InChI=1S/C16H15F2N3OS2.ClH/c1-20(2)5-6-21(15(22)12-4-3-7-23-12)16-19-14-11(18)8-10(17)9-13(14)24-16;/h3-4,7-9H,5-6H2,1-2H3;1H. The number of thiophene rings is 1. The van der Waals surface area contributed by atoms with Gasteiger partial charge in [0, 0.05) is 19.2 Å². The van der Waals surface area contributed by atoms with Crippen molar-refractivity contribution in [3.8, 4) is 0 Å². The summed E-state index contributed by atoms with van der Waals surface area (Å²) in [5, 5.41) is 2.19. The third kappa shape index (κ3) is 4.33. The lowest BCUT2D eigenvalue weighted by atomic mass is 10.3. The van der Waals surface area contributed by atoms with Crippen LogP contribution in [0.15, 0.2) is 29.6 Å². The maximum absolute atomic E-state index is 13.9. The number of anilines is 1. The number of amides is 1. The Kier molecular flexibility index (Phi) is 6.45. The molecule has 0 bridgehead atoms. The van der Waals surface area contributed by atoms with Gasteiger partial charge in [0.15, 0.2) is 10.9 Å². The number of hydrogen-bond donors (Lipinski definition) is 0. The Hall–Kier alpha value is -1.61. The van der Waals surface area contributed by atoms with Gasteiger partial charge in [0.2, 0.25) is 0 Å². The molecule has 0 fully saturated rings. The molecule has 0 aliphatic heterocycles. The molecule has 2 heterocycles. The number of halogens is 3. The maximum Gasteiger partial charge on any atom is 0.270 e. The summed E-state index contributed by atoms with van der Waals surface area (Å²) in [6.07, 6.45) is 0. The van der Waals surface area contributed by atoms with Crippen molar-refractivity contribution in [2.45, 2.75) is 0 Å². The van der Waals surface area contributed by atoms with Crippen molar-refractivity contribution in [2.24, 2.45) is 0 Å². The van der Waals surface area contributed by atoms with Crippen molar-refractivity contribution in [2.75, 3.05) is 32.1 Å². The van der Waals surface area contributed by atoms with Crippen LogP contribution in [0.3, 0.4) is 0 Å². The van der Waals surface area contributed by atoms with Crippen LogP contribution >= 0.6 is 35.1 Å². The highest BCUT2D eigenvalue weighted by Crippen LogP contribution is 2.32. The zero-order chi connectivity index (χ0) is 17.3. The Morgan fingerprint density at radius 1 is 1.24 bits per heavy atom. The van der Waals surface area contributed by atoms with Gasteiger partial charge in [-0.1, -0.05) is 17.4 Å². The van der Waals surface area contributed by atoms with Gasteiger partial charge in [0.05, 0.1) is 9.58 Å². The first kappa shape index (κ1) is 19.7. The minimum atomic E-state index is -0.719. The summed E-state index contributed by atoms with van der Waals surface area (Å²) in [6.45, 7) is 1.04. The first-order chi connectivity index (χ1) is 11.5. The zero-order valence-corrected chi connectivity index (χ0v) is 16.0. The molecule has 0 aliphatic carbocycles. The SMILES string of the molecule is CN(C)CCN(C(=O)c1cccs1)c1nc2c(F)cc(F)cc2s1.Cl. The van der Waals surface area contributed by atoms with Gasteiger partial charge in [0.1, 0.15) is 11.3 Å². The quantitative estimate of drug-likeness (QED) is 0.638. The minimum absolute atomic E-state index is 0. The van der Waals surface area contributed by atoms with E-state index >= 15 is 0 Å². The van der Waals surface area contributed by atoms with E-state index in [0.717, 1.165) is 17.4 Å². The molecule has 3 rings (SSSR count). The largest absolute Gasteiger partial charge is 0.308 e. The second kappa shape index (κ2) is 8.18. The summed E-state index contributed by atoms with van der Waals surface area (Å²) in [5.74, 6) is -1.56. The molecule has 0 aliphatic rings. The third-order valence-electron chi connectivity index (χ3n) is 3.38. The number of rotatable bonds is 5. The number of likely N-dealkylation sites (N-methyl/N-ethyl adjacent to an activating group) is 1. The van der Waals surface area contributed by atoms with Gasteiger partial charge in [-0.3, -0.25) is 9.69 Å². The lowest BCUT2D eigenvalue weighted by molar-refractivity contribution is 0.0989. The molecule has 25 heavy (non-hydrogen) atoms. The fraction of sp³-hybridized carbons (Fsp3) is 0.250. The van der Waals surface area contributed by atoms with E-state index in [0.29, 0.717) is 27.8 Å². The first-order valence-corrected chi connectivity index (χ1v) is 8.91. The van der Waals surface area contributed by atoms with E-state index in [9.17, 15) is 13.6 Å². The minimum Gasteiger partial charge on any atom is -0.308 e. The van der Waals surface area contributed by atoms with Crippen molar-refractivity contribution in [1.82, 2.24) is 9.88 Å². The normalized spacial score (nSPS) is 10.9. The van der Waals surface area contributed by atoms with Crippen molar-refractivity contribution in [3.05, 3.63) is 46.2 Å². The molecule has 9 heteroatoms. The van der Waals surface area contributed by atoms with E-state index < -0.39 is 11.6 Å². The molecule has 4 nitrogen and oxygen atoms in total. The van der Waals surface area contributed by atoms with Crippen LogP contribution in [-0.4, -0.2) is 43.0 Å². The number of hydrogen-bond acceptors (Lipinski definition) is 5. The highest BCUT2D eigenvalue weighted by molar-refractivity contribution is 7.22. The van der Waals surface area contributed by atoms with Gasteiger partial charge >= 0.3 is 0 Å². The Balaban J connectivity index is 0.00000225. The van der Waals surface area contributed by atoms with Crippen molar-refractivity contribution < 1.29 is 13.6 Å². The fourth-order valence-electron chi connectivity index (χ4n) is 2.18. The van der Waals surface area contributed by atoms with E-state index in [4.69, 9.17) is 0 Å². The number of aromatic nitrogens is 1. The van der Waals surface area contributed by atoms with Gasteiger partial charge in [-0.05, 0) is 31.6 Å². The molecule has 0 N–H and O–H groups in total. The first-order valence-electron chi connectivity index (χ1n) is 7.21. The summed E-state index contributed by atoms with van der Waals surface area (Å²) < 4.78 is 27.7. The van der Waals surface area contributed by atoms with Crippen LogP contribution in [0.4, 0.5) is 13.9 Å². The predicted octanol–water partition coefficient (Wildman–Crippen LogP) is 4.27. The highest BCUT2D eigenvalue weighted by atomic mass is 35.5. The topological polar surface area (TPSA) is 36.4 Å². The highest BCUT2D eigenvalue weighted by Gasteiger charge is 2.23. The molecular formula is C16H16ClF2N3OS2. The number of carbonyl (C=O) groups is 1. The van der Waals surface area contributed by atoms with Crippen molar-refractivity contribution in [3.63, 3.8) is 0 Å². The molecule has 0 saturated carbocycles. The molecular weight excluding hydrogens is 388 g/mol. The van der Waals surface area contributed by atoms with Gasteiger partial charge in [-0.25, -0.2) is 13.8 Å². The van der Waals surface area contributed by atoms with Crippen LogP contribution in [0.25, 0.3) is 10.2 Å². The Morgan fingerprint density at radius 3 is 2.64 bits per heavy atom. The number of fused-ring (bicyclic) bond motifs is 1. The van der Waals surface area contributed by atoms with Crippen LogP contribution in [-0.2, 0) is 0 Å². The van der Waals surface area contributed by atoms with Gasteiger partial charge in [-0.15, -0.1) is 23.7 Å². The summed E-state index contributed by atoms with van der Waals surface area (Å²) >= 11 is 2.45. The predicted molar refractivity (Wildman–Crippen MR) is 101 cm³/mol. The third-order valence-corrected chi connectivity index (χ3v) is 5.26. The van der Waals surface area contributed by atoms with Crippen LogP contribution in [0.2, 0.25) is 0 Å².